The number of rotatable bonds is 5. The molecule has 1 fully saturated rings. The van der Waals surface area contributed by atoms with Crippen LogP contribution in [-0.4, -0.2) is 17.0 Å². The molecule has 1 aliphatic carbocycles. The molecule has 3 N–H and O–H groups in total. The van der Waals surface area contributed by atoms with Gasteiger partial charge < -0.3 is 10.3 Å². The Hall–Kier alpha value is -2.93. The highest BCUT2D eigenvalue weighted by atomic mass is 32.1. The number of carbonyl (C=O) groups is 2. The Morgan fingerprint density at radius 1 is 1.24 bits per heavy atom. The van der Waals surface area contributed by atoms with Crippen LogP contribution < -0.4 is 11.1 Å². The molecule has 3 aromatic rings. The molecule has 6 nitrogen and oxygen atoms in total. The number of hydrogen-bond acceptors (Lipinski definition) is 5. The number of amides is 2. The van der Waals surface area contributed by atoms with Crippen molar-refractivity contribution in [1.82, 2.24) is 5.16 Å². The number of primary amides is 1. The molecular formula is C18H15N3O3S. The van der Waals surface area contributed by atoms with E-state index in [4.69, 9.17) is 10.3 Å². The highest BCUT2D eigenvalue weighted by Gasteiger charge is 2.32. The van der Waals surface area contributed by atoms with Crippen molar-refractivity contribution in [3.05, 3.63) is 46.7 Å². The van der Waals surface area contributed by atoms with Gasteiger partial charge in [0, 0.05) is 28.0 Å². The molecule has 1 aliphatic rings. The lowest BCUT2D eigenvalue weighted by atomic mass is 9.97. The molecule has 126 valence electrons. The molecule has 1 aromatic carbocycles. The molecule has 0 atom stereocenters. The van der Waals surface area contributed by atoms with E-state index in [9.17, 15) is 9.59 Å². The summed E-state index contributed by atoms with van der Waals surface area (Å²) in [6, 6.07) is 8.87. The van der Waals surface area contributed by atoms with Gasteiger partial charge in [0.15, 0.2) is 0 Å². The molecule has 4 rings (SSSR count). The summed E-state index contributed by atoms with van der Waals surface area (Å²) in [5.74, 6) is -0.376. The van der Waals surface area contributed by atoms with Gasteiger partial charge in [0.25, 0.3) is 0 Å². The number of nitrogens with two attached hydrogens (primary N) is 1. The number of anilines is 1. The minimum Gasteiger partial charge on any atom is -0.366 e. The van der Waals surface area contributed by atoms with E-state index in [2.05, 4.69) is 10.5 Å². The SMILES string of the molecule is NC(=O)c1ccccc1-c1c(-c2ccsc2)noc1NC(=O)C1CC1. The maximum atomic E-state index is 12.2. The van der Waals surface area contributed by atoms with Crippen molar-refractivity contribution < 1.29 is 14.1 Å². The Labute approximate surface area is 147 Å². The van der Waals surface area contributed by atoms with Crippen molar-refractivity contribution in [3.8, 4) is 22.4 Å². The summed E-state index contributed by atoms with van der Waals surface area (Å²) >= 11 is 1.53. The van der Waals surface area contributed by atoms with E-state index in [1.54, 1.807) is 24.3 Å². The highest BCUT2D eigenvalue weighted by molar-refractivity contribution is 7.08. The third-order valence-electron chi connectivity index (χ3n) is 4.13. The van der Waals surface area contributed by atoms with Gasteiger partial charge in [-0.2, -0.15) is 11.3 Å². The molecule has 2 amide bonds. The molecule has 0 bridgehead atoms. The topological polar surface area (TPSA) is 98.2 Å². The first-order valence-electron chi connectivity index (χ1n) is 7.87. The Bertz CT molecular complexity index is 942. The van der Waals surface area contributed by atoms with E-state index in [0.29, 0.717) is 22.4 Å². The van der Waals surface area contributed by atoms with Gasteiger partial charge in [-0.1, -0.05) is 23.4 Å². The van der Waals surface area contributed by atoms with Crippen LogP contribution in [0.15, 0.2) is 45.6 Å². The summed E-state index contributed by atoms with van der Waals surface area (Å²) in [7, 11) is 0. The smallest absolute Gasteiger partial charge is 0.249 e. The number of hydrogen-bond donors (Lipinski definition) is 2. The molecule has 7 heteroatoms. The molecular weight excluding hydrogens is 338 g/mol. The average Bonchev–Trinajstić information content (AvgIpc) is 3.17. The zero-order chi connectivity index (χ0) is 17.4. The first kappa shape index (κ1) is 15.6. The van der Waals surface area contributed by atoms with Crippen LogP contribution in [0.2, 0.25) is 0 Å². The van der Waals surface area contributed by atoms with Crippen molar-refractivity contribution in [2.45, 2.75) is 12.8 Å². The predicted molar refractivity (Wildman–Crippen MR) is 95.1 cm³/mol. The Balaban J connectivity index is 1.87. The molecule has 2 aromatic heterocycles. The quantitative estimate of drug-likeness (QED) is 0.733. The number of benzene rings is 1. The second-order valence-electron chi connectivity index (χ2n) is 5.92. The lowest BCUT2D eigenvalue weighted by Gasteiger charge is -2.08. The Morgan fingerprint density at radius 2 is 2.04 bits per heavy atom. The van der Waals surface area contributed by atoms with Crippen LogP contribution in [0.4, 0.5) is 5.88 Å². The summed E-state index contributed by atoms with van der Waals surface area (Å²) in [6.45, 7) is 0. The average molecular weight is 353 g/mol. The molecule has 0 spiro atoms. The molecule has 1 saturated carbocycles. The van der Waals surface area contributed by atoms with Crippen molar-refractivity contribution in [3.63, 3.8) is 0 Å². The maximum absolute atomic E-state index is 12.2. The minimum absolute atomic E-state index is 0.0222. The Kier molecular flexibility index (Phi) is 3.85. The van der Waals surface area contributed by atoms with Crippen molar-refractivity contribution in [2.75, 3.05) is 5.32 Å². The molecule has 25 heavy (non-hydrogen) atoms. The van der Waals surface area contributed by atoms with Crippen LogP contribution in [0.1, 0.15) is 23.2 Å². The maximum Gasteiger partial charge on any atom is 0.249 e. The number of thiophene rings is 1. The van der Waals surface area contributed by atoms with E-state index in [0.717, 1.165) is 18.4 Å². The summed E-state index contributed by atoms with van der Waals surface area (Å²) in [4.78, 5) is 24.0. The van der Waals surface area contributed by atoms with Gasteiger partial charge in [0.2, 0.25) is 17.7 Å². The molecule has 0 unspecified atom stereocenters. The van der Waals surface area contributed by atoms with Crippen molar-refractivity contribution in [1.29, 1.82) is 0 Å². The third-order valence-corrected chi connectivity index (χ3v) is 4.82. The highest BCUT2D eigenvalue weighted by Crippen LogP contribution is 2.41. The Morgan fingerprint density at radius 3 is 2.72 bits per heavy atom. The number of nitrogens with zero attached hydrogens (tertiary/aromatic N) is 1. The van der Waals surface area contributed by atoms with Gasteiger partial charge in [0.05, 0.1) is 5.56 Å². The van der Waals surface area contributed by atoms with E-state index >= 15 is 0 Å². The summed E-state index contributed by atoms with van der Waals surface area (Å²) in [5, 5.41) is 10.8. The summed E-state index contributed by atoms with van der Waals surface area (Å²) < 4.78 is 5.43. The molecule has 0 aliphatic heterocycles. The standard InChI is InChI=1S/C18H15N3O3S/c19-16(22)13-4-2-1-3-12(13)14-15(11-7-8-25-9-11)21-24-18(14)20-17(23)10-5-6-10/h1-4,7-10H,5-6H2,(H2,19,22)(H,20,23). The molecule has 0 radical (unpaired) electrons. The van der Waals surface area contributed by atoms with Crippen molar-refractivity contribution in [2.24, 2.45) is 11.7 Å². The van der Waals surface area contributed by atoms with Crippen molar-refractivity contribution >= 4 is 29.0 Å². The van der Waals surface area contributed by atoms with Gasteiger partial charge in [0.1, 0.15) is 5.69 Å². The largest absolute Gasteiger partial charge is 0.366 e. The minimum atomic E-state index is -0.549. The van der Waals surface area contributed by atoms with E-state index in [1.165, 1.54) is 11.3 Å². The van der Waals surface area contributed by atoms with Crippen LogP contribution in [0.3, 0.4) is 0 Å². The molecule has 0 saturated heterocycles. The van der Waals surface area contributed by atoms with Gasteiger partial charge in [-0.25, -0.2) is 0 Å². The monoisotopic (exact) mass is 353 g/mol. The zero-order valence-electron chi connectivity index (χ0n) is 13.2. The predicted octanol–water partition coefficient (Wildman–Crippen LogP) is 3.52. The number of nitrogens with one attached hydrogen (secondary N) is 1. The fraction of sp³-hybridized carbons (Fsp3) is 0.167. The zero-order valence-corrected chi connectivity index (χ0v) is 14.0. The molecule has 2 heterocycles. The van der Waals surface area contributed by atoms with Crippen LogP contribution in [-0.2, 0) is 4.79 Å². The van der Waals surface area contributed by atoms with Gasteiger partial charge in [-0.05, 0) is 30.4 Å². The van der Waals surface area contributed by atoms with Gasteiger partial charge in [-0.3, -0.25) is 14.9 Å². The first-order valence-corrected chi connectivity index (χ1v) is 8.81. The van der Waals surface area contributed by atoms with E-state index < -0.39 is 5.91 Å². The van der Waals surface area contributed by atoms with Gasteiger partial charge in [-0.15, -0.1) is 0 Å². The van der Waals surface area contributed by atoms with Crippen LogP contribution in [0.25, 0.3) is 22.4 Å². The second-order valence-corrected chi connectivity index (χ2v) is 6.70. The lowest BCUT2D eigenvalue weighted by molar-refractivity contribution is -0.117. The third kappa shape index (κ3) is 2.94. The van der Waals surface area contributed by atoms with Crippen LogP contribution >= 0.6 is 11.3 Å². The van der Waals surface area contributed by atoms with E-state index in [1.807, 2.05) is 16.8 Å². The number of carbonyl (C=O) groups excluding carboxylic acids is 2. The first-order chi connectivity index (χ1) is 12.1. The normalized spacial score (nSPS) is 13.6. The van der Waals surface area contributed by atoms with Crippen LogP contribution in [0, 0.1) is 5.92 Å². The summed E-state index contributed by atoms with van der Waals surface area (Å²) in [5.41, 5.74) is 8.46. The lowest BCUT2D eigenvalue weighted by Crippen LogP contribution is -2.15. The van der Waals surface area contributed by atoms with Crippen LogP contribution in [0.5, 0.6) is 0 Å². The van der Waals surface area contributed by atoms with E-state index in [-0.39, 0.29) is 17.7 Å². The number of aromatic nitrogens is 1. The fourth-order valence-electron chi connectivity index (χ4n) is 2.70. The summed E-state index contributed by atoms with van der Waals surface area (Å²) in [6.07, 6.45) is 1.76. The fourth-order valence-corrected chi connectivity index (χ4v) is 3.34. The van der Waals surface area contributed by atoms with Gasteiger partial charge >= 0.3 is 0 Å². The second kappa shape index (κ2) is 6.18.